The number of rotatable bonds is 4. The van der Waals surface area contributed by atoms with Gasteiger partial charge in [0.2, 0.25) is 5.91 Å². The van der Waals surface area contributed by atoms with Crippen LogP contribution < -0.4 is 5.32 Å². The normalized spacial score (nSPS) is 20.4. The van der Waals surface area contributed by atoms with E-state index < -0.39 is 5.54 Å². The van der Waals surface area contributed by atoms with E-state index in [2.05, 4.69) is 24.1 Å². The van der Waals surface area contributed by atoms with Crippen molar-refractivity contribution in [1.29, 1.82) is 0 Å². The van der Waals surface area contributed by atoms with Crippen LogP contribution in [-0.2, 0) is 4.79 Å². The Kier molecular flexibility index (Phi) is 4.95. The number of likely N-dealkylation sites (N-methyl/N-ethyl adjacent to an activating group) is 1. The van der Waals surface area contributed by atoms with Crippen molar-refractivity contribution in [2.45, 2.75) is 45.7 Å². The van der Waals surface area contributed by atoms with E-state index in [0.29, 0.717) is 6.04 Å². The van der Waals surface area contributed by atoms with Gasteiger partial charge in [0.25, 0.3) is 0 Å². The molecule has 100 valence electrons. The molecule has 0 bridgehead atoms. The van der Waals surface area contributed by atoms with Crippen molar-refractivity contribution < 1.29 is 4.79 Å². The monoisotopic (exact) mass is 241 g/mol. The third-order valence-electron chi connectivity index (χ3n) is 3.98. The van der Waals surface area contributed by atoms with E-state index in [1.807, 2.05) is 25.8 Å². The second-order valence-electron chi connectivity index (χ2n) is 5.46. The first-order chi connectivity index (χ1) is 7.92. The summed E-state index contributed by atoms with van der Waals surface area (Å²) in [6.45, 7) is 12.1. The van der Waals surface area contributed by atoms with Crippen LogP contribution in [0.2, 0.25) is 0 Å². The van der Waals surface area contributed by atoms with E-state index in [0.717, 1.165) is 26.2 Å². The third-order valence-corrected chi connectivity index (χ3v) is 3.98. The number of piperazine rings is 1. The molecule has 1 aliphatic heterocycles. The summed E-state index contributed by atoms with van der Waals surface area (Å²) < 4.78 is 0. The molecule has 1 N–H and O–H groups in total. The molecule has 1 fully saturated rings. The number of carbonyl (C=O) groups is 1. The molecule has 4 nitrogen and oxygen atoms in total. The molecule has 0 aromatic carbocycles. The van der Waals surface area contributed by atoms with Gasteiger partial charge in [0, 0.05) is 32.2 Å². The zero-order chi connectivity index (χ0) is 13.1. The molecule has 1 heterocycles. The van der Waals surface area contributed by atoms with Crippen molar-refractivity contribution >= 4 is 5.91 Å². The highest BCUT2D eigenvalue weighted by Gasteiger charge is 2.32. The molecule has 1 aliphatic rings. The lowest BCUT2D eigenvalue weighted by Gasteiger charge is -2.40. The molecule has 0 spiro atoms. The summed E-state index contributed by atoms with van der Waals surface area (Å²) in [7, 11) is 1.84. The number of carbonyl (C=O) groups excluding carboxylic acids is 1. The fourth-order valence-corrected chi connectivity index (χ4v) is 2.13. The molecule has 17 heavy (non-hydrogen) atoms. The topological polar surface area (TPSA) is 35.6 Å². The molecular weight excluding hydrogens is 214 g/mol. The maximum absolute atomic E-state index is 12.2. The number of hydrogen-bond acceptors (Lipinski definition) is 3. The van der Waals surface area contributed by atoms with Gasteiger partial charge in [-0.2, -0.15) is 0 Å². The van der Waals surface area contributed by atoms with E-state index in [9.17, 15) is 4.79 Å². The molecule has 0 aliphatic carbocycles. The zero-order valence-corrected chi connectivity index (χ0v) is 11.9. The molecule has 4 heteroatoms. The van der Waals surface area contributed by atoms with Gasteiger partial charge in [-0.1, -0.05) is 6.92 Å². The van der Waals surface area contributed by atoms with Gasteiger partial charge < -0.3 is 10.2 Å². The molecule has 0 aromatic heterocycles. The van der Waals surface area contributed by atoms with Crippen LogP contribution in [0.15, 0.2) is 0 Å². The number of nitrogens with zero attached hydrogens (tertiary/aromatic N) is 2. The molecule has 1 unspecified atom stereocenters. The van der Waals surface area contributed by atoms with Gasteiger partial charge in [-0.15, -0.1) is 0 Å². The molecular formula is C13H27N3O. The summed E-state index contributed by atoms with van der Waals surface area (Å²) in [5.74, 6) is 0.212. The largest absolute Gasteiger partial charge is 0.339 e. The van der Waals surface area contributed by atoms with E-state index in [-0.39, 0.29) is 5.91 Å². The van der Waals surface area contributed by atoms with Crippen LogP contribution in [0.5, 0.6) is 0 Å². The first kappa shape index (κ1) is 14.5. The van der Waals surface area contributed by atoms with E-state index in [1.54, 1.807) is 0 Å². The Morgan fingerprint density at radius 1 is 1.29 bits per heavy atom. The van der Waals surface area contributed by atoms with E-state index >= 15 is 0 Å². The summed E-state index contributed by atoms with van der Waals surface area (Å²) >= 11 is 0. The fraction of sp³-hybridized carbons (Fsp3) is 0.923. The highest BCUT2D eigenvalue weighted by molar-refractivity contribution is 5.85. The Bertz CT molecular complexity index is 257. The minimum Gasteiger partial charge on any atom is -0.339 e. The molecule has 1 atom stereocenters. The number of hydrogen-bond donors (Lipinski definition) is 1. The van der Waals surface area contributed by atoms with Crippen LogP contribution in [0.25, 0.3) is 0 Å². The van der Waals surface area contributed by atoms with Crippen molar-refractivity contribution in [2.75, 3.05) is 33.2 Å². The Balaban J connectivity index is 2.50. The highest BCUT2D eigenvalue weighted by atomic mass is 16.2. The lowest BCUT2D eigenvalue weighted by molar-refractivity contribution is -0.139. The lowest BCUT2D eigenvalue weighted by Crippen LogP contribution is -2.58. The molecule has 1 amide bonds. The van der Waals surface area contributed by atoms with Crippen molar-refractivity contribution in [1.82, 2.24) is 15.1 Å². The second kappa shape index (κ2) is 5.83. The van der Waals surface area contributed by atoms with Crippen molar-refractivity contribution in [2.24, 2.45) is 0 Å². The summed E-state index contributed by atoms with van der Waals surface area (Å²) in [5, 5.41) is 3.08. The molecule has 0 aromatic rings. The SMILES string of the molecule is CCC(C)N1CCN(C(=O)C(C)(C)NC)CC1. The molecule has 0 saturated carbocycles. The van der Waals surface area contributed by atoms with E-state index in [1.165, 1.54) is 6.42 Å². The van der Waals surface area contributed by atoms with Crippen molar-refractivity contribution in [3.8, 4) is 0 Å². The van der Waals surface area contributed by atoms with Gasteiger partial charge >= 0.3 is 0 Å². The maximum atomic E-state index is 12.2. The Hall–Kier alpha value is -0.610. The van der Waals surface area contributed by atoms with Gasteiger partial charge in [-0.05, 0) is 34.2 Å². The Labute approximate surface area is 105 Å². The zero-order valence-electron chi connectivity index (χ0n) is 11.9. The predicted octanol–water partition coefficient (Wildman–Crippen LogP) is 0.927. The average Bonchev–Trinajstić information content (AvgIpc) is 2.37. The molecule has 1 rings (SSSR count). The first-order valence-electron chi connectivity index (χ1n) is 6.64. The Morgan fingerprint density at radius 3 is 2.24 bits per heavy atom. The van der Waals surface area contributed by atoms with Crippen LogP contribution >= 0.6 is 0 Å². The Morgan fingerprint density at radius 2 is 1.82 bits per heavy atom. The van der Waals surface area contributed by atoms with Crippen LogP contribution in [-0.4, -0.2) is 60.5 Å². The molecule has 0 radical (unpaired) electrons. The van der Waals surface area contributed by atoms with Crippen LogP contribution in [0.4, 0.5) is 0 Å². The van der Waals surface area contributed by atoms with Gasteiger partial charge in [0.1, 0.15) is 0 Å². The summed E-state index contributed by atoms with van der Waals surface area (Å²) in [6, 6.07) is 0.629. The van der Waals surface area contributed by atoms with Gasteiger partial charge in [-0.25, -0.2) is 0 Å². The summed E-state index contributed by atoms with van der Waals surface area (Å²) in [6.07, 6.45) is 1.18. The minimum absolute atomic E-state index is 0.212. The van der Waals surface area contributed by atoms with Crippen molar-refractivity contribution in [3.05, 3.63) is 0 Å². The van der Waals surface area contributed by atoms with Crippen LogP contribution in [0.1, 0.15) is 34.1 Å². The standard InChI is InChI=1S/C13H27N3O/c1-6-11(2)15-7-9-16(10-8-15)12(17)13(3,4)14-5/h11,14H,6-10H2,1-5H3. The maximum Gasteiger partial charge on any atom is 0.242 e. The predicted molar refractivity (Wildman–Crippen MR) is 71.0 cm³/mol. The van der Waals surface area contributed by atoms with Crippen LogP contribution in [0, 0.1) is 0 Å². The molecule has 1 saturated heterocycles. The van der Waals surface area contributed by atoms with Gasteiger partial charge in [0.05, 0.1) is 5.54 Å². The lowest BCUT2D eigenvalue weighted by atomic mass is 10.0. The number of amides is 1. The average molecular weight is 241 g/mol. The summed E-state index contributed by atoms with van der Waals surface area (Å²) in [4.78, 5) is 16.7. The van der Waals surface area contributed by atoms with Crippen molar-refractivity contribution in [3.63, 3.8) is 0 Å². The van der Waals surface area contributed by atoms with Gasteiger partial charge in [0.15, 0.2) is 0 Å². The summed E-state index contributed by atoms with van der Waals surface area (Å²) in [5.41, 5.74) is -0.446. The second-order valence-corrected chi connectivity index (χ2v) is 5.46. The number of nitrogens with one attached hydrogen (secondary N) is 1. The highest BCUT2D eigenvalue weighted by Crippen LogP contribution is 2.13. The van der Waals surface area contributed by atoms with Gasteiger partial charge in [-0.3, -0.25) is 9.69 Å². The smallest absolute Gasteiger partial charge is 0.242 e. The quantitative estimate of drug-likeness (QED) is 0.795. The third kappa shape index (κ3) is 3.42. The first-order valence-corrected chi connectivity index (χ1v) is 6.64. The fourth-order valence-electron chi connectivity index (χ4n) is 2.13. The van der Waals surface area contributed by atoms with Crippen LogP contribution in [0.3, 0.4) is 0 Å². The minimum atomic E-state index is -0.446. The van der Waals surface area contributed by atoms with E-state index in [4.69, 9.17) is 0 Å².